The van der Waals surface area contributed by atoms with Gasteiger partial charge in [-0.3, -0.25) is 4.79 Å². The number of carbonyl (C=O) groups is 1. The highest BCUT2D eigenvalue weighted by Crippen LogP contribution is 2.42. The minimum Gasteiger partial charge on any atom is -0.297 e. The molecule has 23 heavy (non-hydrogen) atoms. The number of thiophene rings is 4. The van der Waals surface area contributed by atoms with Crippen molar-refractivity contribution in [3.05, 3.63) is 58.3 Å². The van der Waals surface area contributed by atoms with Crippen LogP contribution in [0.1, 0.15) is 14.5 Å². The molecule has 0 radical (unpaired) electrons. The van der Waals surface area contributed by atoms with Gasteiger partial charge in [0.05, 0.1) is 4.88 Å². The van der Waals surface area contributed by atoms with Crippen LogP contribution in [0, 0.1) is 6.92 Å². The van der Waals surface area contributed by atoms with Crippen molar-refractivity contribution in [2.24, 2.45) is 0 Å². The fraction of sp³-hybridized carbons (Fsp3) is 0.0556. The number of rotatable bonds is 4. The average molecular weight is 373 g/mol. The van der Waals surface area contributed by atoms with Gasteiger partial charge in [0.2, 0.25) is 0 Å². The molecule has 0 unspecified atom stereocenters. The molecule has 5 heteroatoms. The van der Waals surface area contributed by atoms with Gasteiger partial charge in [-0.2, -0.15) is 0 Å². The van der Waals surface area contributed by atoms with E-state index in [4.69, 9.17) is 0 Å². The minimum atomic E-state index is 0.779. The third-order valence-electron chi connectivity index (χ3n) is 3.42. The third-order valence-corrected chi connectivity index (χ3v) is 8.19. The molecule has 0 aromatic carbocycles. The SMILES string of the molecule is Cc1ccc(-c2ccc(-c3ccc(-c4ccc(C=O)s4)s3)s2)s1. The molecule has 0 aliphatic heterocycles. The first-order valence-electron chi connectivity index (χ1n) is 7.05. The smallest absolute Gasteiger partial charge is 0.160 e. The molecule has 0 saturated carbocycles. The molecule has 4 aromatic rings. The van der Waals surface area contributed by atoms with Crippen molar-refractivity contribution < 1.29 is 4.79 Å². The zero-order valence-electron chi connectivity index (χ0n) is 12.2. The van der Waals surface area contributed by atoms with Crippen LogP contribution in [0.3, 0.4) is 0 Å². The third kappa shape index (κ3) is 2.97. The summed E-state index contributed by atoms with van der Waals surface area (Å²) in [7, 11) is 0. The van der Waals surface area contributed by atoms with E-state index >= 15 is 0 Å². The van der Waals surface area contributed by atoms with E-state index < -0.39 is 0 Å². The van der Waals surface area contributed by atoms with Gasteiger partial charge in [-0.25, -0.2) is 0 Å². The maximum atomic E-state index is 10.8. The van der Waals surface area contributed by atoms with E-state index in [1.54, 1.807) is 22.7 Å². The maximum absolute atomic E-state index is 10.8. The van der Waals surface area contributed by atoms with Crippen molar-refractivity contribution in [2.75, 3.05) is 0 Å². The molecule has 4 aromatic heterocycles. The van der Waals surface area contributed by atoms with Crippen LogP contribution in [0.4, 0.5) is 0 Å². The summed E-state index contributed by atoms with van der Waals surface area (Å²) >= 11 is 7.01. The lowest BCUT2D eigenvalue weighted by atomic mass is 10.3. The zero-order valence-corrected chi connectivity index (χ0v) is 15.5. The number of hydrogen-bond donors (Lipinski definition) is 0. The molecule has 0 aliphatic carbocycles. The molecular weight excluding hydrogens is 360 g/mol. The van der Waals surface area contributed by atoms with Crippen molar-refractivity contribution in [1.82, 2.24) is 0 Å². The van der Waals surface area contributed by atoms with Crippen LogP contribution in [0.15, 0.2) is 48.5 Å². The second kappa shape index (κ2) is 6.17. The van der Waals surface area contributed by atoms with E-state index in [-0.39, 0.29) is 0 Å². The van der Waals surface area contributed by atoms with Crippen molar-refractivity contribution in [3.8, 4) is 29.3 Å². The molecule has 1 nitrogen and oxygen atoms in total. The molecule has 114 valence electrons. The predicted molar refractivity (Wildman–Crippen MR) is 104 cm³/mol. The Balaban J connectivity index is 1.64. The summed E-state index contributed by atoms with van der Waals surface area (Å²) in [6, 6.07) is 17.0. The first-order chi connectivity index (χ1) is 11.2. The van der Waals surface area contributed by atoms with Gasteiger partial charge >= 0.3 is 0 Å². The van der Waals surface area contributed by atoms with Crippen molar-refractivity contribution in [3.63, 3.8) is 0 Å². The zero-order chi connectivity index (χ0) is 15.8. The summed E-state index contributed by atoms with van der Waals surface area (Å²) in [5, 5.41) is 0. The van der Waals surface area contributed by atoms with Crippen LogP contribution in [0.5, 0.6) is 0 Å². The number of carbonyl (C=O) groups excluding carboxylic acids is 1. The van der Waals surface area contributed by atoms with Crippen molar-refractivity contribution in [2.45, 2.75) is 6.92 Å². The monoisotopic (exact) mass is 372 g/mol. The topological polar surface area (TPSA) is 17.1 Å². The van der Waals surface area contributed by atoms with Crippen LogP contribution in [0.25, 0.3) is 29.3 Å². The Hall–Kier alpha value is -1.53. The van der Waals surface area contributed by atoms with E-state index in [0.29, 0.717) is 0 Å². The lowest BCUT2D eigenvalue weighted by Gasteiger charge is -1.91. The molecule has 4 rings (SSSR count). The summed E-state index contributed by atoms with van der Waals surface area (Å²) < 4.78 is 0. The lowest BCUT2D eigenvalue weighted by Crippen LogP contribution is -1.62. The molecule has 0 saturated heterocycles. The Morgan fingerprint density at radius 2 is 1.04 bits per heavy atom. The average Bonchev–Trinajstić information content (AvgIpc) is 3.32. The predicted octanol–water partition coefficient (Wildman–Crippen LogP) is 7.05. The van der Waals surface area contributed by atoms with Gasteiger partial charge in [0, 0.05) is 34.1 Å². The van der Waals surface area contributed by atoms with E-state index in [0.717, 1.165) is 16.0 Å². The molecule has 0 aliphatic rings. The van der Waals surface area contributed by atoms with Crippen LogP contribution >= 0.6 is 45.3 Å². The van der Waals surface area contributed by atoms with Gasteiger partial charge in [0.1, 0.15) is 0 Å². The van der Waals surface area contributed by atoms with E-state index in [1.807, 2.05) is 34.8 Å². The molecule has 0 bridgehead atoms. The molecule has 0 atom stereocenters. The first kappa shape index (κ1) is 15.0. The van der Waals surface area contributed by atoms with E-state index in [9.17, 15) is 4.79 Å². The van der Waals surface area contributed by atoms with Crippen LogP contribution in [0.2, 0.25) is 0 Å². The van der Waals surface area contributed by atoms with Crippen LogP contribution in [-0.2, 0) is 0 Å². The van der Waals surface area contributed by atoms with E-state index in [1.165, 1.54) is 29.3 Å². The molecule has 0 N–H and O–H groups in total. The van der Waals surface area contributed by atoms with Gasteiger partial charge < -0.3 is 0 Å². The first-order valence-corrected chi connectivity index (χ1v) is 10.3. The largest absolute Gasteiger partial charge is 0.297 e. The summed E-state index contributed by atoms with van der Waals surface area (Å²) in [6.07, 6.45) is 0.914. The maximum Gasteiger partial charge on any atom is 0.160 e. The van der Waals surface area contributed by atoms with Gasteiger partial charge in [-0.1, -0.05) is 0 Å². The Bertz CT molecular complexity index is 967. The molecule has 0 fully saturated rings. The highest BCUT2D eigenvalue weighted by Gasteiger charge is 2.11. The summed E-state index contributed by atoms with van der Waals surface area (Å²) in [5.41, 5.74) is 0. The quantitative estimate of drug-likeness (QED) is 0.351. The second-order valence-electron chi connectivity index (χ2n) is 5.06. The number of hydrogen-bond acceptors (Lipinski definition) is 5. The Labute approximate surface area is 150 Å². The molecule has 4 heterocycles. The normalized spacial score (nSPS) is 11.0. The minimum absolute atomic E-state index is 0.779. The van der Waals surface area contributed by atoms with Crippen LogP contribution < -0.4 is 0 Å². The summed E-state index contributed by atoms with van der Waals surface area (Å²) in [5.74, 6) is 0. The van der Waals surface area contributed by atoms with E-state index in [2.05, 4.69) is 43.3 Å². The standard InChI is InChI=1S/C18H12OS4/c1-11-2-4-13(20-11)15-6-8-17(22-15)18-9-7-16(23-18)14-5-3-12(10-19)21-14/h2-10H,1H3. The Morgan fingerprint density at radius 1 is 0.609 bits per heavy atom. The lowest BCUT2D eigenvalue weighted by molar-refractivity contribution is 0.112. The summed E-state index contributed by atoms with van der Waals surface area (Å²) in [6.45, 7) is 2.14. The molecule has 0 spiro atoms. The Kier molecular flexibility index (Phi) is 4.03. The number of aldehydes is 1. The highest BCUT2D eigenvalue weighted by molar-refractivity contribution is 7.28. The molecular formula is C18H12OS4. The van der Waals surface area contributed by atoms with Gasteiger partial charge in [-0.15, -0.1) is 45.3 Å². The van der Waals surface area contributed by atoms with Crippen LogP contribution in [-0.4, -0.2) is 6.29 Å². The van der Waals surface area contributed by atoms with Crippen molar-refractivity contribution in [1.29, 1.82) is 0 Å². The fourth-order valence-electron chi connectivity index (χ4n) is 2.32. The van der Waals surface area contributed by atoms with Crippen molar-refractivity contribution >= 4 is 51.6 Å². The molecule has 0 amide bonds. The second-order valence-corrected chi connectivity index (χ2v) is 9.63. The fourth-order valence-corrected chi connectivity index (χ4v) is 6.29. The summed E-state index contributed by atoms with van der Waals surface area (Å²) in [4.78, 5) is 20.6. The highest BCUT2D eigenvalue weighted by atomic mass is 32.1. The van der Waals surface area contributed by atoms with Gasteiger partial charge in [-0.05, 0) is 55.5 Å². The number of aryl methyl sites for hydroxylation is 1. The van der Waals surface area contributed by atoms with Gasteiger partial charge in [0.15, 0.2) is 6.29 Å². The Morgan fingerprint density at radius 3 is 1.48 bits per heavy atom. The van der Waals surface area contributed by atoms with Gasteiger partial charge in [0.25, 0.3) is 0 Å².